The fraction of sp³-hybridized carbons (Fsp3) is 0.417. The maximum Gasteiger partial charge on any atom is 0.244 e. The van der Waals surface area contributed by atoms with E-state index in [4.69, 9.17) is 0 Å². The highest BCUT2D eigenvalue weighted by Crippen LogP contribution is 2.20. The van der Waals surface area contributed by atoms with Crippen molar-refractivity contribution in [3.05, 3.63) is 64.1 Å². The van der Waals surface area contributed by atoms with E-state index >= 15 is 0 Å². The van der Waals surface area contributed by atoms with E-state index in [2.05, 4.69) is 21.2 Å². The standard InChI is InChI=1S/C24H32BrN3O4S/c1-17(2)14-26-24(30)19(4)27(15-20-9-11-21(25)12-10-20)23(29)16-28(33(5,31)32)22-8-6-7-18(3)13-22/h6-13,17,19H,14-16H2,1-5H3,(H,26,30)/t19-/m1/s1. The number of carbonyl (C=O) groups excluding carboxylic acids is 2. The summed E-state index contributed by atoms with van der Waals surface area (Å²) >= 11 is 3.40. The summed E-state index contributed by atoms with van der Waals surface area (Å²) in [5, 5.41) is 2.86. The van der Waals surface area contributed by atoms with Crippen LogP contribution in [-0.2, 0) is 26.2 Å². The largest absolute Gasteiger partial charge is 0.354 e. The quantitative estimate of drug-likeness (QED) is 0.500. The third kappa shape index (κ3) is 8.16. The van der Waals surface area contributed by atoms with Gasteiger partial charge < -0.3 is 10.2 Å². The number of aryl methyl sites for hydroxylation is 1. The number of rotatable bonds is 10. The molecule has 0 aromatic heterocycles. The van der Waals surface area contributed by atoms with Gasteiger partial charge >= 0.3 is 0 Å². The van der Waals surface area contributed by atoms with Gasteiger partial charge in [-0.1, -0.05) is 54.0 Å². The molecule has 0 aliphatic heterocycles. The molecule has 1 atom stereocenters. The Kier molecular flexibility index (Phi) is 9.48. The van der Waals surface area contributed by atoms with Gasteiger partial charge in [-0.2, -0.15) is 0 Å². The minimum Gasteiger partial charge on any atom is -0.354 e. The van der Waals surface area contributed by atoms with Gasteiger partial charge in [0.2, 0.25) is 21.8 Å². The van der Waals surface area contributed by atoms with Crippen molar-refractivity contribution >= 4 is 43.5 Å². The lowest BCUT2D eigenvalue weighted by Crippen LogP contribution is -2.51. The van der Waals surface area contributed by atoms with E-state index in [1.807, 2.05) is 51.1 Å². The normalized spacial score (nSPS) is 12.3. The number of carbonyl (C=O) groups is 2. The zero-order chi connectivity index (χ0) is 24.8. The Hall–Kier alpha value is -2.39. The number of nitrogens with one attached hydrogen (secondary N) is 1. The average Bonchev–Trinajstić information content (AvgIpc) is 2.73. The fourth-order valence-electron chi connectivity index (χ4n) is 3.22. The number of hydrogen-bond acceptors (Lipinski definition) is 4. The van der Waals surface area contributed by atoms with Gasteiger partial charge in [0.1, 0.15) is 12.6 Å². The molecule has 2 aromatic carbocycles. The molecule has 2 aromatic rings. The molecule has 7 nitrogen and oxygen atoms in total. The van der Waals surface area contributed by atoms with Crippen molar-refractivity contribution in [2.75, 3.05) is 23.7 Å². The molecule has 2 rings (SSSR count). The van der Waals surface area contributed by atoms with Crippen LogP contribution in [0.2, 0.25) is 0 Å². The van der Waals surface area contributed by atoms with Crippen molar-refractivity contribution in [3.8, 4) is 0 Å². The molecule has 0 bridgehead atoms. The molecule has 1 N–H and O–H groups in total. The van der Waals surface area contributed by atoms with Gasteiger partial charge in [0.25, 0.3) is 0 Å². The van der Waals surface area contributed by atoms with Crippen LogP contribution in [0.4, 0.5) is 5.69 Å². The number of amides is 2. The van der Waals surface area contributed by atoms with E-state index in [1.165, 1.54) is 4.90 Å². The van der Waals surface area contributed by atoms with Crippen LogP contribution in [0.25, 0.3) is 0 Å². The van der Waals surface area contributed by atoms with E-state index in [0.29, 0.717) is 12.2 Å². The Morgan fingerprint density at radius 2 is 1.70 bits per heavy atom. The fourth-order valence-corrected chi connectivity index (χ4v) is 4.32. The monoisotopic (exact) mass is 537 g/mol. The predicted molar refractivity (Wildman–Crippen MR) is 135 cm³/mol. The molecule has 0 aliphatic carbocycles. The summed E-state index contributed by atoms with van der Waals surface area (Å²) in [5.41, 5.74) is 2.12. The third-order valence-electron chi connectivity index (χ3n) is 5.09. The number of anilines is 1. The lowest BCUT2D eigenvalue weighted by molar-refractivity contribution is -0.139. The third-order valence-corrected chi connectivity index (χ3v) is 6.76. The first-order valence-corrected chi connectivity index (χ1v) is 13.4. The van der Waals surface area contributed by atoms with Crippen LogP contribution < -0.4 is 9.62 Å². The minimum atomic E-state index is -3.73. The highest BCUT2D eigenvalue weighted by Gasteiger charge is 2.30. The van der Waals surface area contributed by atoms with Gasteiger partial charge in [0.05, 0.1) is 11.9 Å². The Balaban J connectivity index is 2.35. The highest BCUT2D eigenvalue weighted by atomic mass is 79.9. The lowest BCUT2D eigenvalue weighted by Gasteiger charge is -2.31. The van der Waals surface area contributed by atoms with Gasteiger partial charge in [-0.05, 0) is 55.2 Å². The van der Waals surface area contributed by atoms with Crippen molar-refractivity contribution in [2.45, 2.75) is 40.3 Å². The van der Waals surface area contributed by atoms with E-state index in [0.717, 1.165) is 26.2 Å². The highest BCUT2D eigenvalue weighted by molar-refractivity contribution is 9.10. The molecule has 0 spiro atoms. The van der Waals surface area contributed by atoms with Crippen molar-refractivity contribution in [2.24, 2.45) is 5.92 Å². The molecule has 33 heavy (non-hydrogen) atoms. The summed E-state index contributed by atoms with van der Waals surface area (Å²) < 4.78 is 27.1. The van der Waals surface area contributed by atoms with Crippen LogP contribution in [0, 0.1) is 12.8 Å². The van der Waals surface area contributed by atoms with Crippen LogP contribution in [0.1, 0.15) is 31.9 Å². The number of hydrogen-bond donors (Lipinski definition) is 1. The van der Waals surface area contributed by atoms with Crippen molar-refractivity contribution in [1.82, 2.24) is 10.2 Å². The first-order chi connectivity index (χ1) is 15.4. The zero-order valence-corrected chi connectivity index (χ0v) is 22.1. The minimum absolute atomic E-state index is 0.174. The Bertz CT molecular complexity index is 1070. The van der Waals surface area contributed by atoms with Crippen molar-refractivity contribution < 1.29 is 18.0 Å². The Morgan fingerprint density at radius 3 is 2.24 bits per heavy atom. The van der Waals surface area contributed by atoms with Crippen LogP contribution >= 0.6 is 15.9 Å². The second-order valence-electron chi connectivity index (χ2n) is 8.57. The smallest absolute Gasteiger partial charge is 0.244 e. The number of halogens is 1. The van der Waals surface area contributed by atoms with E-state index in [-0.39, 0.29) is 18.4 Å². The van der Waals surface area contributed by atoms with Gasteiger partial charge in [0, 0.05) is 17.6 Å². The van der Waals surface area contributed by atoms with Crippen LogP contribution in [0.3, 0.4) is 0 Å². The van der Waals surface area contributed by atoms with Gasteiger partial charge in [-0.25, -0.2) is 8.42 Å². The van der Waals surface area contributed by atoms with Gasteiger partial charge in [0.15, 0.2) is 0 Å². The van der Waals surface area contributed by atoms with Gasteiger partial charge in [-0.3, -0.25) is 13.9 Å². The molecule has 9 heteroatoms. The lowest BCUT2D eigenvalue weighted by atomic mass is 10.1. The molecular formula is C24H32BrN3O4S. The molecule has 0 radical (unpaired) electrons. The second-order valence-corrected chi connectivity index (χ2v) is 11.4. The zero-order valence-electron chi connectivity index (χ0n) is 19.7. The Labute approximate surface area is 205 Å². The van der Waals surface area contributed by atoms with E-state index in [9.17, 15) is 18.0 Å². The Morgan fingerprint density at radius 1 is 1.06 bits per heavy atom. The maximum absolute atomic E-state index is 13.4. The van der Waals surface area contributed by atoms with Crippen LogP contribution in [0.5, 0.6) is 0 Å². The van der Waals surface area contributed by atoms with Crippen molar-refractivity contribution in [1.29, 1.82) is 0 Å². The second kappa shape index (κ2) is 11.7. The SMILES string of the molecule is Cc1cccc(N(CC(=O)N(Cc2ccc(Br)cc2)[C@H](C)C(=O)NCC(C)C)S(C)(=O)=O)c1. The first-order valence-electron chi connectivity index (χ1n) is 10.7. The summed E-state index contributed by atoms with van der Waals surface area (Å²) in [7, 11) is -3.73. The summed E-state index contributed by atoms with van der Waals surface area (Å²) in [6.45, 7) is 7.75. The molecule has 0 aliphatic rings. The molecule has 0 saturated carbocycles. The predicted octanol–water partition coefficient (Wildman–Crippen LogP) is 3.71. The molecule has 0 heterocycles. The molecule has 0 unspecified atom stereocenters. The van der Waals surface area contributed by atoms with Crippen molar-refractivity contribution in [3.63, 3.8) is 0 Å². The number of benzene rings is 2. The number of nitrogens with zero attached hydrogens (tertiary/aromatic N) is 2. The summed E-state index contributed by atoms with van der Waals surface area (Å²) in [6.07, 6.45) is 1.07. The maximum atomic E-state index is 13.4. The summed E-state index contributed by atoms with van der Waals surface area (Å²) in [4.78, 5) is 27.7. The first kappa shape index (κ1) is 26.9. The van der Waals surface area contributed by atoms with E-state index in [1.54, 1.807) is 25.1 Å². The molecular weight excluding hydrogens is 506 g/mol. The van der Waals surface area contributed by atoms with Crippen LogP contribution in [-0.4, -0.2) is 50.5 Å². The summed E-state index contributed by atoms with van der Waals surface area (Å²) in [6, 6.07) is 13.6. The molecule has 0 saturated heterocycles. The van der Waals surface area contributed by atoms with Crippen LogP contribution in [0.15, 0.2) is 53.0 Å². The molecule has 180 valence electrons. The number of sulfonamides is 1. The topological polar surface area (TPSA) is 86.8 Å². The average molecular weight is 539 g/mol. The summed E-state index contributed by atoms with van der Waals surface area (Å²) in [5.74, 6) is -0.480. The van der Waals surface area contributed by atoms with Gasteiger partial charge in [-0.15, -0.1) is 0 Å². The molecule has 2 amide bonds. The molecule has 0 fully saturated rings. The van der Waals surface area contributed by atoms with E-state index < -0.39 is 28.5 Å².